The van der Waals surface area contributed by atoms with Gasteiger partial charge in [-0.15, -0.1) is 0 Å². The summed E-state index contributed by atoms with van der Waals surface area (Å²) < 4.78 is 37.1. The number of hydrogen-bond donors (Lipinski definition) is 3. The van der Waals surface area contributed by atoms with Gasteiger partial charge in [-0.25, -0.2) is 14.4 Å². The first-order valence-electron chi connectivity index (χ1n) is 21.5. The number of hydrogen-bond acceptors (Lipinski definition) is 14. The molecule has 0 aromatic heterocycles. The van der Waals surface area contributed by atoms with E-state index in [1.54, 1.807) is 99.6 Å². The Bertz CT molecular complexity index is 2350. The third-order valence-corrected chi connectivity index (χ3v) is 14.0. The number of ether oxygens (including phenoxy) is 6. The number of nitrogens with zero attached hydrogens (tertiary/aromatic N) is 1. The van der Waals surface area contributed by atoms with Crippen molar-refractivity contribution in [2.24, 2.45) is 16.7 Å². The second-order valence-electron chi connectivity index (χ2n) is 18.2. The molecule has 3 fully saturated rings. The van der Waals surface area contributed by atoms with Crippen LogP contribution in [0.15, 0.2) is 102 Å². The Kier molecular flexibility index (Phi) is 12.9. The van der Waals surface area contributed by atoms with Crippen LogP contribution < -0.4 is 5.32 Å². The van der Waals surface area contributed by atoms with Gasteiger partial charge in [0.1, 0.15) is 36.1 Å². The zero-order valence-corrected chi connectivity index (χ0v) is 37.6. The smallest absolute Gasteiger partial charge is 0.409 e. The van der Waals surface area contributed by atoms with Crippen LogP contribution in [0.4, 0.5) is 4.79 Å². The van der Waals surface area contributed by atoms with E-state index in [2.05, 4.69) is 5.32 Å². The van der Waals surface area contributed by atoms with Gasteiger partial charge in [0.2, 0.25) is 0 Å². The normalized spacial score (nSPS) is 30.9. The molecule has 3 aliphatic carbocycles. The molecule has 1 aliphatic heterocycles. The fourth-order valence-corrected chi connectivity index (χ4v) is 10.5. The van der Waals surface area contributed by atoms with Crippen LogP contribution >= 0.6 is 0 Å². The highest BCUT2D eigenvalue weighted by Crippen LogP contribution is 2.65. The lowest BCUT2D eigenvalue weighted by Crippen LogP contribution is -2.82. The first kappa shape index (κ1) is 47.0. The fraction of sp³-hybridized carbons (Fsp3) is 0.469. The van der Waals surface area contributed by atoms with E-state index in [1.165, 1.54) is 52.1 Å². The quantitative estimate of drug-likeness (QED) is 0.137. The molecule has 0 radical (unpaired) electrons. The molecule has 1 heterocycles. The molecule has 65 heavy (non-hydrogen) atoms. The lowest BCUT2D eigenvalue weighted by Gasteiger charge is -2.67. The SMILES string of the molecule is CO[C@H]1C(=O)[C@]2(C)[C@@H](OC(=O)N(C)C)C[C@H]3OC[C@@]3(OC(C)=O)[C@H]2[C@H](OC(=O)c2ccccc2)[C@]2(O)C[C@H](OC(=O)[C@H](O)[C@@H](NC(=O)c3ccccc3)c3ccccc3)C(C)=C1C2(C)C. The van der Waals surface area contributed by atoms with Crippen molar-refractivity contribution in [2.75, 3.05) is 27.8 Å². The van der Waals surface area contributed by atoms with E-state index in [0.29, 0.717) is 5.56 Å². The van der Waals surface area contributed by atoms with Gasteiger partial charge in [-0.1, -0.05) is 80.6 Å². The van der Waals surface area contributed by atoms with Crippen molar-refractivity contribution in [1.82, 2.24) is 10.2 Å². The van der Waals surface area contributed by atoms with Crippen molar-refractivity contribution in [3.8, 4) is 0 Å². The first-order chi connectivity index (χ1) is 30.7. The highest BCUT2D eigenvalue weighted by Gasteiger charge is 2.79. The Morgan fingerprint density at radius 3 is 1.98 bits per heavy atom. The molecule has 3 aromatic rings. The van der Waals surface area contributed by atoms with E-state index in [0.717, 1.165) is 0 Å². The molecule has 7 rings (SSSR count). The number of Topliss-reactive ketones (excluding diaryl/α,β-unsaturated/α-hetero) is 1. The van der Waals surface area contributed by atoms with E-state index in [1.807, 2.05) is 0 Å². The zero-order valence-electron chi connectivity index (χ0n) is 37.6. The topological polar surface area (TPSA) is 214 Å². The molecular weight excluding hydrogens is 841 g/mol. The predicted octanol–water partition coefficient (Wildman–Crippen LogP) is 4.52. The van der Waals surface area contributed by atoms with Crippen LogP contribution in [-0.2, 0) is 42.8 Å². The molecule has 0 unspecified atom stereocenters. The summed E-state index contributed by atoms with van der Waals surface area (Å²) in [6.07, 6.45) is -10.5. The molecule has 0 spiro atoms. The minimum absolute atomic E-state index is 0.0893. The minimum Gasteiger partial charge on any atom is -0.456 e. The third-order valence-electron chi connectivity index (χ3n) is 14.0. The average molecular weight is 897 g/mol. The van der Waals surface area contributed by atoms with E-state index in [-0.39, 0.29) is 35.3 Å². The van der Waals surface area contributed by atoms with Gasteiger partial charge in [-0.05, 0) is 54.8 Å². The number of aliphatic hydroxyl groups excluding tert-OH is 1. The van der Waals surface area contributed by atoms with Crippen molar-refractivity contribution >= 4 is 35.7 Å². The standard InChI is InChI=1S/C49H56N2O14/c1-27-32(62-44(57)37(53)36(29-18-12-9-13-19-29)50-42(55)30-20-14-10-15-21-30)25-49(59)41(64-43(56)31-22-16-11-17-23-31)39-47(5,40(54)38(60-8)35(27)46(49,3)4)33(63-45(58)51(6)7)24-34-48(39,26-61-34)65-28(2)52/h9-23,32-34,36-39,41,53,59H,24-26H2,1-8H3,(H,50,55)/t32-,33-,34+,36-,37+,38+,39-,41-,47+,48-,49+/m0/s1. The van der Waals surface area contributed by atoms with Gasteiger partial charge < -0.3 is 48.9 Å². The minimum atomic E-state index is -2.33. The molecule has 11 atom stereocenters. The summed E-state index contributed by atoms with van der Waals surface area (Å²) in [7, 11) is 4.24. The van der Waals surface area contributed by atoms with Gasteiger partial charge in [0.05, 0.1) is 29.5 Å². The first-order valence-corrected chi connectivity index (χ1v) is 21.5. The van der Waals surface area contributed by atoms with E-state index >= 15 is 4.79 Å². The van der Waals surface area contributed by atoms with Crippen molar-refractivity contribution in [3.63, 3.8) is 0 Å². The number of nitrogens with one attached hydrogen (secondary N) is 1. The van der Waals surface area contributed by atoms with Gasteiger partial charge in [-0.3, -0.25) is 14.4 Å². The fourth-order valence-electron chi connectivity index (χ4n) is 10.5. The molecule has 3 N–H and O–H groups in total. The molecule has 16 heteroatoms. The van der Waals surface area contributed by atoms with Crippen molar-refractivity contribution < 1.29 is 67.4 Å². The van der Waals surface area contributed by atoms with Crippen molar-refractivity contribution in [1.29, 1.82) is 0 Å². The van der Waals surface area contributed by atoms with Gasteiger partial charge in [0.25, 0.3) is 5.91 Å². The lowest BCUT2D eigenvalue weighted by atomic mass is 9.44. The number of carbonyl (C=O) groups is 6. The molecule has 3 aromatic carbocycles. The van der Waals surface area contributed by atoms with Crippen LogP contribution in [0.25, 0.3) is 0 Å². The highest BCUT2D eigenvalue weighted by atomic mass is 16.6. The zero-order chi connectivity index (χ0) is 47.2. The largest absolute Gasteiger partial charge is 0.456 e. The van der Waals surface area contributed by atoms with Crippen LogP contribution in [0.2, 0.25) is 0 Å². The summed E-state index contributed by atoms with van der Waals surface area (Å²) in [4.78, 5) is 86.0. The maximum Gasteiger partial charge on any atom is 0.409 e. The van der Waals surface area contributed by atoms with Crippen molar-refractivity contribution in [2.45, 2.75) is 101 Å². The third kappa shape index (κ3) is 8.00. The number of esters is 3. The van der Waals surface area contributed by atoms with Crippen LogP contribution in [0.1, 0.15) is 79.8 Å². The lowest BCUT2D eigenvalue weighted by molar-refractivity contribution is -0.345. The summed E-state index contributed by atoms with van der Waals surface area (Å²) in [5.74, 6) is -5.58. The van der Waals surface area contributed by atoms with Crippen LogP contribution in [0.5, 0.6) is 0 Å². The number of amides is 2. The van der Waals surface area contributed by atoms with E-state index in [9.17, 15) is 34.2 Å². The second-order valence-corrected chi connectivity index (χ2v) is 18.2. The molecular formula is C49H56N2O14. The number of methoxy groups -OCH3 is 1. The molecule has 4 aliphatic rings. The molecule has 346 valence electrons. The summed E-state index contributed by atoms with van der Waals surface area (Å²) >= 11 is 0. The average Bonchev–Trinajstić information content (AvgIpc) is 3.28. The molecule has 2 saturated carbocycles. The highest BCUT2D eigenvalue weighted by molar-refractivity contribution is 5.96. The number of rotatable bonds is 11. The van der Waals surface area contributed by atoms with Crippen LogP contribution in [0, 0.1) is 16.7 Å². The number of benzene rings is 3. The molecule has 2 bridgehead atoms. The number of fused-ring (bicyclic) bond motifs is 5. The Labute approximate surface area is 377 Å². The summed E-state index contributed by atoms with van der Waals surface area (Å²) in [6, 6.07) is 23.2. The van der Waals surface area contributed by atoms with Gasteiger partial charge in [0, 0.05) is 51.9 Å². The van der Waals surface area contributed by atoms with E-state index in [4.69, 9.17) is 28.4 Å². The maximum absolute atomic E-state index is 15.8. The summed E-state index contributed by atoms with van der Waals surface area (Å²) in [6.45, 7) is 7.33. The van der Waals surface area contributed by atoms with Crippen molar-refractivity contribution in [3.05, 3.63) is 119 Å². The molecule has 2 amide bonds. The number of aliphatic hydroxyl groups is 2. The summed E-state index contributed by atoms with van der Waals surface area (Å²) in [5, 5.41) is 28.5. The second kappa shape index (κ2) is 17.8. The van der Waals surface area contributed by atoms with Gasteiger partial charge in [0.15, 0.2) is 17.5 Å². The van der Waals surface area contributed by atoms with Gasteiger partial charge in [-0.2, -0.15) is 0 Å². The Morgan fingerprint density at radius 2 is 1.45 bits per heavy atom. The Morgan fingerprint density at radius 1 is 0.862 bits per heavy atom. The molecule has 1 saturated heterocycles. The number of carbonyl (C=O) groups excluding carboxylic acids is 6. The van der Waals surface area contributed by atoms with Gasteiger partial charge >= 0.3 is 24.0 Å². The van der Waals surface area contributed by atoms with E-state index < -0.39 is 113 Å². The summed E-state index contributed by atoms with van der Waals surface area (Å²) in [5.41, 5.74) is -6.34. The van der Waals surface area contributed by atoms with Crippen LogP contribution in [-0.4, -0.2) is 126 Å². The number of ketones is 1. The predicted molar refractivity (Wildman–Crippen MR) is 231 cm³/mol. The van der Waals surface area contributed by atoms with Crippen LogP contribution in [0.3, 0.4) is 0 Å². The monoisotopic (exact) mass is 896 g/mol. The Balaban J connectivity index is 1.40. The molecule has 16 nitrogen and oxygen atoms in total. The Hall–Kier alpha value is -5.94. The maximum atomic E-state index is 15.8.